The summed E-state index contributed by atoms with van der Waals surface area (Å²) in [6.45, 7) is 8.56. The quantitative estimate of drug-likeness (QED) is 0.747. The first-order chi connectivity index (χ1) is 9.95. The lowest BCUT2D eigenvalue weighted by Gasteiger charge is -2.13. The van der Waals surface area contributed by atoms with Gasteiger partial charge in [0.25, 0.3) is 0 Å². The van der Waals surface area contributed by atoms with E-state index in [9.17, 15) is 0 Å². The fraction of sp³-hybridized carbons (Fsp3) is 0.294. The van der Waals surface area contributed by atoms with Crippen molar-refractivity contribution in [3.05, 3.63) is 40.4 Å². The van der Waals surface area contributed by atoms with Crippen LogP contribution in [0.4, 0.5) is 5.13 Å². The van der Waals surface area contributed by atoms with E-state index in [0.29, 0.717) is 11.0 Å². The number of hydrogen-bond donors (Lipinski definition) is 1. The zero-order chi connectivity index (χ0) is 15.1. The highest BCUT2D eigenvalue weighted by Gasteiger charge is 2.14. The Labute approximate surface area is 128 Å². The molecule has 0 aliphatic heterocycles. The minimum absolute atomic E-state index is 0.379. The van der Waals surface area contributed by atoms with Crippen LogP contribution in [0.5, 0.6) is 0 Å². The Balaban J connectivity index is 2.39. The Morgan fingerprint density at radius 3 is 2.48 bits per heavy atom. The van der Waals surface area contributed by atoms with Crippen molar-refractivity contribution in [2.24, 2.45) is 0 Å². The summed E-state index contributed by atoms with van der Waals surface area (Å²) in [5.74, 6) is 0.379. The Kier molecular flexibility index (Phi) is 3.41. The van der Waals surface area contributed by atoms with Crippen LogP contribution >= 0.6 is 11.3 Å². The van der Waals surface area contributed by atoms with E-state index < -0.39 is 0 Å². The predicted octanol–water partition coefficient (Wildman–Crippen LogP) is 4.68. The normalized spacial score (nSPS) is 11.5. The van der Waals surface area contributed by atoms with Gasteiger partial charge in [0, 0.05) is 22.0 Å². The van der Waals surface area contributed by atoms with Gasteiger partial charge in [0.2, 0.25) is 0 Å². The standard InChI is InChI=1S/C17H19N3S/c1-9(2)14-7-12(15-8-21-17(18)20-15)13-6-10(3)5-11(4)16(13)19-14/h5-9H,1-4H3,(H2,18,20). The average Bonchev–Trinajstić information content (AvgIpc) is 2.84. The molecular weight excluding hydrogens is 278 g/mol. The van der Waals surface area contributed by atoms with Gasteiger partial charge in [-0.05, 0) is 37.5 Å². The van der Waals surface area contributed by atoms with Gasteiger partial charge in [-0.2, -0.15) is 0 Å². The van der Waals surface area contributed by atoms with E-state index in [2.05, 4.69) is 50.9 Å². The van der Waals surface area contributed by atoms with Crippen molar-refractivity contribution in [3.63, 3.8) is 0 Å². The van der Waals surface area contributed by atoms with E-state index in [-0.39, 0.29) is 0 Å². The zero-order valence-corrected chi connectivity index (χ0v) is 13.6. The first kappa shape index (κ1) is 14.0. The minimum Gasteiger partial charge on any atom is -0.375 e. The Hall–Kier alpha value is -1.94. The number of nitrogen functional groups attached to an aromatic ring is 1. The first-order valence-corrected chi connectivity index (χ1v) is 7.97. The highest BCUT2D eigenvalue weighted by molar-refractivity contribution is 7.13. The van der Waals surface area contributed by atoms with Gasteiger partial charge in [-0.15, -0.1) is 11.3 Å². The highest BCUT2D eigenvalue weighted by atomic mass is 32.1. The van der Waals surface area contributed by atoms with E-state index >= 15 is 0 Å². The number of aryl methyl sites for hydroxylation is 2. The number of anilines is 1. The van der Waals surface area contributed by atoms with Crippen LogP contribution in [0.15, 0.2) is 23.6 Å². The van der Waals surface area contributed by atoms with E-state index in [1.165, 1.54) is 22.5 Å². The number of hydrogen-bond acceptors (Lipinski definition) is 4. The molecule has 3 aromatic rings. The van der Waals surface area contributed by atoms with Gasteiger partial charge in [0.1, 0.15) is 0 Å². The van der Waals surface area contributed by atoms with Crippen LogP contribution in [-0.4, -0.2) is 9.97 Å². The second-order valence-electron chi connectivity index (χ2n) is 5.80. The molecule has 2 N–H and O–H groups in total. The van der Waals surface area contributed by atoms with Crippen LogP contribution in [0, 0.1) is 13.8 Å². The van der Waals surface area contributed by atoms with Crippen LogP contribution in [0.2, 0.25) is 0 Å². The molecule has 0 unspecified atom stereocenters. The summed E-state index contributed by atoms with van der Waals surface area (Å²) in [5, 5.41) is 3.78. The summed E-state index contributed by atoms with van der Waals surface area (Å²) < 4.78 is 0. The summed E-state index contributed by atoms with van der Waals surface area (Å²) in [7, 11) is 0. The summed E-state index contributed by atoms with van der Waals surface area (Å²) in [4.78, 5) is 9.31. The topological polar surface area (TPSA) is 51.8 Å². The molecule has 21 heavy (non-hydrogen) atoms. The Bertz CT molecular complexity index is 818. The fourth-order valence-electron chi connectivity index (χ4n) is 2.62. The van der Waals surface area contributed by atoms with Crippen LogP contribution < -0.4 is 5.73 Å². The summed E-state index contributed by atoms with van der Waals surface area (Å²) in [5.41, 5.74) is 12.5. The molecule has 4 heteroatoms. The third kappa shape index (κ3) is 2.51. The number of aromatic nitrogens is 2. The minimum atomic E-state index is 0.379. The molecule has 0 spiro atoms. The number of fused-ring (bicyclic) bond motifs is 1. The molecule has 0 fully saturated rings. The number of benzene rings is 1. The first-order valence-electron chi connectivity index (χ1n) is 7.09. The maximum absolute atomic E-state index is 5.81. The molecule has 0 aliphatic carbocycles. The van der Waals surface area contributed by atoms with Crippen molar-refractivity contribution in [1.82, 2.24) is 9.97 Å². The molecule has 0 radical (unpaired) electrons. The number of rotatable bonds is 2. The largest absolute Gasteiger partial charge is 0.375 e. The maximum atomic E-state index is 5.81. The number of nitrogens with two attached hydrogens (primary N) is 1. The van der Waals surface area contributed by atoms with Crippen molar-refractivity contribution < 1.29 is 0 Å². The van der Waals surface area contributed by atoms with Gasteiger partial charge < -0.3 is 5.73 Å². The molecule has 0 amide bonds. The second kappa shape index (κ2) is 5.11. The van der Waals surface area contributed by atoms with E-state index in [4.69, 9.17) is 10.7 Å². The van der Waals surface area contributed by atoms with Gasteiger partial charge in [0.05, 0.1) is 11.2 Å². The molecule has 1 aromatic carbocycles. The number of nitrogens with zero attached hydrogens (tertiary/aromatic N) is 2. The highest BCUT2D eigenvalue weighted by Crippen LogP contribution is 2.33. The second-order valence-corrected chi connectivity index (χ2v) is 6.69. The van der Waals surface area contributed by atoms with Crippen LogP contribution in [0.25, 0.3) is 22.2 Å². The van der Waals surface area contributed by atoms with E-state index in [0.717, 1.165) is 27.9 Å². The third-order valence-corrected chi connectivity index (χ3v) is 4.33. The molecule has 2 aromatic heterocycles. The molecule has 108 valence electrons. The SMILES string of the molecule is Cc1cc(C)c2nc(C(C)C)cc(-c3csc(N)n3)c2c1. The molecule has 0 bridgehead atoms. The summed E-state index contributed by atoms with van der Waals surface area (Å²) >= 11 is 1.48. The van der Waals surface area contributed by atoms with Crippen molar-refractivity contribution >= 4 is 27.4 Å². The van der Waals surface area contributed by atoms with Crippen molar-refractivity contribution in [1.29, 1.82) is 0 Å². The monoisotopic (exact) mass is 297 g/mol. The summed E-state index contributed by atoms with van der Waals surface area (Å²) in [6.07, 6.45) is 0. The molecule has 0 saturated carbocycles. The lowest BCUT2D eigenvalue weighted by atomic mass is 9.98. The van der Waals surface area contributed by atoms with Crippen molar-refractivity contribution in [3.8, 4) is 11.3 Å². The maximum Gasteiger partial charge on any atom is 0.180 e. The van der Waals surface area contributed by atoms with Crippen LogP contribution in [0.1, 0.15) is 36.6 Å². The summed E-state index contributed by atoms with van der Waals surface area (Å²) in [6, 6.07) is 6.52. The molecular formula is C17H19N3S. The number of thiazole rings is 1. The van der Waals surface area contributed by atoms with Crippen molar-refractivity contribution in [2.45, 2.75) is 33.6 Å². The van der Waals surface area contributed by atoms with Gasteiger partial charge in [-0.3, -0.25) is 4.98 Å². The molecule has 0 aliphatic rings. The van der Waals surface area contributed by atoms with E-state index in [1.54, 1.807) is 0 Å². The molecule has 2 heterocycles. The lowest BCUT2D eigenvalue weighted by molar-refractivity contribution is 0.830. The Morgan fingerprint density at radius 2 is 1.86 bits per heavy atom. The van der Waals surface area contributed by atoms with Crippen molar-refractivity contribution in [2.75, 3.05) is 5.73 Å². The van der Waals surface area contributed by atoms with Gasteiger partial charge in [0.15, 0.2) is 5.13 Å². The molecule has 3 nitrogen and oxygen atoms in total. The molecule has 0 saturated heterocycles. The van der Waals surface area contributed by atoms with Gasteiger partial charge in [-0.1, -0.05) is 25.5 Å². The Morgan fingerprint density at radius 1 is 1.10 bits per heavy atom. The third-order valence-electron chi connectivity index (χ3n) is 3.66. The van der Waals surface area contributed by atoms with E-state index in [1.807, 2.05) is 5.38 Å². The average molecular weight is 297 g/mol. The van der Waals surface area contributed by atoms with Gasteiger partial charge >= 0.3 is 0 Å². The van der Waals surface area contributed by atoms with Crippen LogP contribution in [0.3, 0.4) is 0 Å². The lowest BCUT2D eigenvalue weighted by Crippen LogP contribution is -1.98. The molecule has 3 rings (SSSR count). The smallest absolute Gasteiger partial charge is 0.180 e. The fourth-order valence-corrected chi connectivity index (χ4v) is 3.18. The zero-order valence-electron chi connectivity index (χ0n) is 12.8. The van der Waals surface area contributed by atoms with Crippen LogP contribution in [-0.2, 0) is 0 Å². The van der Waals surface area contributed by atoms with Gasteiger partial charge in [-0.25, -0.2) is 4.98 Å². The molecule has 0 atom stereocenters. The number of pyridine rings is 1. The predicted molar refractivity (Wildman–Crippen MR) is 90.8 cm³/mol.